The van der Waals surface area contributed by atoms with Crippen LogP contribution in [0.2, 0.25) is 0 Å². The Bertz CT molecular complexity index is 420. The minimum Gasteiger partial charge on any atom is -0.350 e. The number of nitrogens with zero attached hydrogens (tertiary/aromatic N) is 2. The van der Waals surface area contributed by atoms with Gasteiger partial charge in [-0.3, -0.25) is 14.6 Å². The zero-order valence-corrected chi connectivity index (χ0v) is 10.3. The minimum atomic E-state index is -0.123. The van der Waals surface area contributed by atoms with Gasteiger partial charge in [-0.2, -0.15) is 0 Å². The zero-order chi connectivity index (χ0) is 12.8. The number of carbonyl (C=O) groups is 2. The molecule has 1 N–H and O–H groups in total. The van der Waals surface area contributed by atoms with Crippen molar-refractivity contribution < 1.29 is 9.59 Å². The molecule has 1 fully saturated rings. The van der Waals surface area contributed by atoms with E-state index in [-0.39, 0.29) is 11.8 Å². The summed E-state index contributed by atoms with van der Waals surface area (Å²) in [6.07, 6.45) is 5.85. The Hall–Kier alpha value is -1.91. The summed E-state index contributed by atoms with van der Waals surface area (Å²) in [7, 11) is 0. The molecular weight excluding hydrogens is 230 g/mol. The van der Waals surface area contributed by atoms with E-state index in [1.54, 1.807) is 24.5 Å². The second-order valence-corrected chi connectivity index (χ2v) is 4.33. The summed E-state index contributed by atoms with van der Waals surface area (Å²) in [4.78, 5) is 28.9. The van der Waals surface area contributed by atoms with E-state index in [2.05, 4.69) is 10.3 Å². The highest BCUT2D eigenvalue weighted by Gasteiger charge is 2.17. The van der Waals surface area contributed by atoms with Crippen molar-refractivity contribution in [2.45, 2.75) is 19.3 Å². The van der Waals surface area contributed by atoms with E-state index in [1.165, 1.54) is 0 Å². The van der Waals surface area contributed by atoms with Gasteiger partial charge in [0.25, 0.3) is 5.91 Å². The SMILES string of the molecule is O=C(NCCN1CCCCC1=O)c1ccncc1. The van der Waals surface area contributed by atoms with Crippen LogP contribution in [0.1, 0.15) is 29.6 Å². The van der Waals surface area contributed by atoms with Crippen molar-refractivity contribution in [2.75, 3.05) is 19.6 Å². The number of amides is 2. The molecule has 0 unspecified atom stereocenters. The van der Waals surface area contributed by atoms with Crippen LogP contribution in [0, 0.1) is 0 Å². The summed E-state index contributed by atoms with van der Waals surface area (Å²) < 4.78 is 0. The molecule has 0 bridgehead atoms. The smallest absolute Gasteiger partial charge is 0.251 e. The first-order valence-electron chi connectivity index (χ1n) is 6.23. The van der Waals surface area contributed by atoms with Crippen molar-refractivity contribution in [1.29, 1.82) is 0 Å². The maximum atomic E-state index is 11.7. The zero-order valence-electron chi connectivity index (χ0n) is 10.3. The minimum absolute atomic E-state index is 0.123. The standard InChI is InChI=1S/C13H17N3O2/c17-12-3-1-2-9-16(12)10-8-15-13(18)11-4-6-14-7-5-11/h4-7H,1-3,8-10H2,(H,15,18). The van der Waals surface area contributed by atoms with Gasteiger partial charge in [-0.05, 0) is 25.0 Å². The fourth-order valence-corrected chi connectivity index (χ4v) is 2.01. The number of hydrogen-bond donors (Lipinski definition) is 1. The Morgan fingerprint density at radius 3 is 2.83 bits per heavy atom. The molecule has 5 heteroatoms. The average Bonchev–Trinajstić information content (AvgIpc) is 2.42. The van der Waals surface area contributed by atoms with Crippen LogP contribution in [0.5, 0.6) is 0 Å². The fourth-order valence-electron chi connectivity index (χ4n) is 2.01. The monoisotopic (exact) mass is 247 g/mol. The lowest BCUT2D eigenvalue weighted by atomic mass is 10.1. The molecule has 2 amide bonds. The number of carbonyl (C=O) groups excluding carboxylic acids is 2. The van der Waals surface area contributed by atoms with Crippen LogP contribution in [0.15, 0.2) is 24.5 Å². The second-order valence-electron chi connectivity index (χ2n) is 4.33. The van der Waals surface area contributed by atoms with Crippen LogP contribution < -0.4 is 5.32 Å². The third-order valence-electron chi connectivity index (χ3n) is 3.03. The average molecular weight is 247 g/mol. The van der Waals surface area contributed by atoms with E-state index in [0.717, 1.165) is 19.4 Å². The molecule has 2 rings (SSSR count). The van der Waals surface area contributed by atoms with Crippen molar-refractivity contribution in [3.05, 3.63) is 30.1 Å². The molecule has 96 valence electrons. The van der Waals surface area contributed by atoms with Crippen LogP contribution in [-0.4, -0.2) is 41.3 Å². The number of nitrogens with one attached hydrogen (secondary N) is 1. The van der Waals surface area contributed by atoms with Crippen LogP contribution >= 0.6 is 0 Å². The molecule has 2 heterocycles. The number of aromatic nitrogens is 1. The van der Waals surface area contributed by atoms with Crippen LogP contribution in [0.3, 0.4) is 0 Å². The number of pyridine rings is 1. The van der Waals surface area contributed by atoms with E-state index >= 15 is 0 Å². The van der Waals surface area contributed by atoms with Crippen molar-refractivity contribution in [1.82, 2.24) is 15.2 Å². The Kier molecular flexibility index (Phi) is 4.28. The summed E-state index contributed by atoms with van der Waals surface area (Å²) in [5.41, 5.74) is 0.593. The lowest BCUT2D eigenvalue weighted by molar-refractivity contribution is -0.133. The van der Waals surface area contributed by atoms with Gasteiger partial charge < -0.3 is 10.2 Å². The normalized spacial score (nSPS) is 15.6. The maximum Gasteiger partial charge on any atom is 0.251 e. The van der Waals surface area contributed by atoms with Crippen LogP contribution in [0.4, 0.5) is 0 Å². The largest absolute Gasteiger partial charge is 0.350 e. The molecule has 0 aliphatic carbocycles. The van der Waals surface area contributed by atoms with Gasteiger partial charge in [0.15, 0.2) is 0 Å². The predicted molar refractivity (Wildman–Crippen MR) is 67.0 cm³/mol. The Morgan fingerprint density at radius 2 is 2.11 bits per heavy atom. The molecule has 0 saturated carbocycles. The predicted octanol–water partition coefficient (Wildman–Crippen LogP) is 0.824. The third-order valence-corrected chi connectivity index (χ3v) is 3.03. The highest BCUT2D eigenvalue weighted by atomic mass is 16.2. The molecule has 0 spiro atoms. The first kappa shape index (κ1) is 12.5. The Labute approximate surface area is 106 Å². The van der Waals surface area contributed by atoms with E-state index in [9.17, 15) is 9.59 Å². The number of hydrogen-bond acceptors (Lipinski definition) is 3. The maximum absolute atomic E-state index is 11.7. The van der Waals surface area contributed by atoms with Crippen molar-refractivity contribution >= 4 is 11.8 Å². The van der Waals surface area contributed by atoms with Gasteiger partial charge in [-0.25, -0.2) is 0 Å². The lowest BCUT2D eigenvalue weighted by Crippen LogP contribution is -2.41. The molecule has 0 radical (unpaired) electrons. The molecule has 5 nitrogen and oxygen atoms in total. The molecule has 1 aliphatic heterocycles. The molecule has 1 aromatic rings. The summed E-state index contributed by atoms with van der Waals surface area (Å²) in [6, 6.07) is 3.34. The van der Waals surface area contributed by atoms with Gasteiger partial charge in [0.1, 0.15) is 0 Å². The van der Waals surface area contributed by atoms with Gasteiger partial charge in [0.05, 0.1) is 0 Å². The van der Waals surface area contributed by atoms with E-state index in [1.807, 2.05) is 4.90 Å². The Morgan fingerprint density at radius 1 is 1.33 bits per heavy atom. The lowest BCUT2D eigenvalue weighted by Gasteiger charge is -2.26. The first-order valence-corrected chi connectivity index (χ1v) is 6.23. The van der Waals surface area contributed by atoms with E-state index < -0.39 is 0 Å². The summed E-state index contributed by atoms with van der Waals surface area (Å²) >= 11 is 0. The quantitative estimate of drug-likeness (QED) is 0.857. The van der Waals surface area contributed by atoms with Crippen LogP contribution in [0.25, 0.3) is 0 Å². The van der Waals surface area contributed by atoms with Crippen molar-refractivity contribution in [3.63, 3.8) is 0 Å². The van der Waals surface area contributed by atoms with Crippen molar-refractivity contribution in [3.8, 4) is 0 Å². The number of piperidine rings is 1. The van der Waals surface area contributed by atoms with Crippen molar-refractivity contribution in [2.24, 2.45) is 0 Å². The topological polar surface area (TPSA) is 62.3 Å². The molecule has 1 saturated heterocycles. The Balaban J connectivity index is 1.75. The van der Waals surface area contributed by atoms with Gasteiger partial charge in [-0.15, -0.1) is 0 Å². The highest BCUT2D eigenvalue weighted by Crippen LogP contribution is 2.09. The number of likely N-dealkylation sites (tertiary alicyclic amines) is 1. The van der Waals surface area contributed by atoms with Crippen LogP contribution in [-0.2, 0) is 4.79 Å². The van der Waals surface area contributed by atoms with Gasteiger partial charge in [0, 0.05) is 44.0 Å². The van der Waals surface area contributed by atoms with Gasteiger partial charge >= 0.3 is 0 Å². The molecular formula is C13H17N3O2. The fraction of sp³-hybridized carbons (Fsp3) is 0.462. The molecule has 18 heavy (non-hydrogen) atoms. The molecule has 1 aliphatic rings. The molecule has 0 aromatic carbocycles. The summed E-state index contributed by atoms with van der Waals surface area (Å²) in [5, 5.41) is 2.81. The highest BCUT2D eigenvalue weighted by molar-refractivity contribution is 5.93. The van der Waals surface area contributed by atoms with Gasteiger partial charge in [0.2, 0.25) is 5.91 Å². The van der Waals surface area contributed by atoms with E-state index in [4.69, 9.17) is 0 Å². The first-order chi connectivity index (χ1) is 8.77. The third kappa shape index (κ3) is 3.29. The van der Waals surface area contributed by atoms with Gasteiger partial charge in [-0.1, -0.05) is 0 Å². The molecule has 1 aromatic heterocycles. The molecule has 0 atom stereocenters. The van der Waals surface area contributed by atoms with E-state index in [0.29, 0.717) is 25.1 Å². The number of rotatable bonds is 4. The summed E-state index contributed by atoms with van der Waals surface area (Å²) in [6.45, 7) is 1.90. The summed E-state index contributed by atoms with van der Waals surface area (Å²) in [5.74, 6) is 0.0706. The second kappa shape index (κ2) is 6.14.